The first-order chi connectivity index (χ1) is 8.12. The van der Waals surface area contributed by atoms with Gasteiger partial charge < -0.3 is 10.1 Å². The summed E-state index contributed by atoms with van der Waals surface area (Å²) in [6.45, 7) is 0.00731. The smallest absolute Gasteiger partial charge is 0.241 e. The van der Waals surface area contributed by atoms with Gasteiger partial charge in [0.05, 0.1) is 24.4 Å². The number of hydrogen-bond acceptors (Lipinski definition) is 5. The van der Waals surface area contributed by atoms with Crippen molar-refractivity contribution in [1.29, 1.82) is 0 Å². The van der Waals surface area contributed by atoms with Gasteiger partial charge >= 0.3 is 0 Å². The Hall–Kier alpha value is -1.22. The van der Waals surface area contributed by atoms with Crippen molar-refractivity contribution in [3.8, 4) is 0 Å². The summed E-state index contributed by atoms with van der Waals surface area (Å²) in [6, 6.07) is 1.46. The minimum absolute atomic E-state index is 0.152. The minimum atomic E-state index is -3.52. The molecule has 0 spiro atoms. The number of nitrogens with zero attached hydrogens (tertiary/aromatic N) is 1. The lowest BCUT2D eigenvalue weighted by Gasteiger charge is -2.02. The Bertz CT molecular complexity index is 574. The van der Waals surface area contributed by atoms with Gasteiger partial charge in [0.25, 0.3) is 0 Å². The molecular formula is C9H11N3O3S2. The van der Waals surface area contributed by atoms with E-state index in [4.69, 9.17) is 5.11 Å². The van der Waals surface area contributed by atoms with E-state index in [2.05, 4.69) is 14.7 Å². The summed E-state index contributed by atoms with van der Waals surface area (Å²) in [5.41, 5.74) is 0.686. The van der Waals surface area contributed by atoms with E-state index in [0.717, 1.165) is 0 Å². The third kappa shape index (κ3) is 2.91. The van der Waals surface area contributed by atoms with Crippen molar-refractivity contribution < 1.29 is 13.5 Å². The maximum Gasteiger partial charge on any atom is 0.241 e. The molecule has 0 amide bonds. The summed E-state index contributed by atoms with van der Waals surface area (Å²) in [6.07, 6.45) is 3.04. The summed E-state index contributed by atoms with van der Waals surface area (Å²) < 4.78 is 26.1. The van der Waals surface area contributed by atoms with Crippen LogP contribution in [0.5, 0.6) is 0 Å². The Kier molecular flexibility index (Phi) is 3.57. The molecular weight excluding hydrogens is 262 g/mol. The van der Waals surface area contributed by atoms with Crippen molar-refractivity contribution in [3.05, 3.63) is 34.5 Å². The quantitative estimate of drug-likeness (QED) is 0.736. The van der Waals surface area contributed by atoms with Gasteiger partial charge in [0.15, 0.2) is 0 Å². The Morgan fingerprint density at radius 1 is 1.53 bits per heavy atom. The second-order valence-electron chi connectivity index (χ2n) is 3.31. The monoisotopic (exact) mass is 273 g/mol. The Balaban J connectivity index is 2.08. The molecule has 2 rings (SSSR count). The molecule has 2 aromatic rings. The summed E-state index contributed by atoms with van der Waals surface area (Å²) in [7, 11) is -3.52. The zero-order chi connectivity index (χ0) is 12.3. The van der Waals surface area contributed by atoms with Gasteiger partial charge in [-0.15, -0.1) is 11.3 Å². The van der Waals surface area contributed by atoms with E-state index >= 15 is 0 Å². The Morgan fingerprint density at radius 3 is 2.94 bits per heavy atom. The first kappa shape index (κ1) is 12.2. The lowest BCUT2D eigenvalue weighted by Crippen LogP contribution is -2.22. The van der Waals surface area contributed by atoms with Crippen molar-refractivity contribution in [3.63, 3.8) is 0 Å². The predicted molar refractivity (Wildman–Crippen MR) is 62.9 cm³/mol. The van der Waals surface area contributed by atoms with E-state index in [9.17, 15) is 8.42 Å². The van der Waals surface area contributed by atoms with Crippen molar-refractivity contribution >= 4 is 21.4 Å². The summed E-state index contributed by atoms with van der Waals surface area (Å²) >= 11 is 1.21. The number of nitrogens with one attached hydrogen (secondary N) is 2. The SMILES string of the molecule is O=S(=O)(NCc1cnc[nH]1)c1csc(CO)c1. The first-order valence-corrected chi connectivity index (χ1v) is 7.13. The second-order valence-corrected chi connectivity index (χ2v) is 6.07. The van der Waals surface area contributed by atoms with Gasteiger partial charge in [-0.1, -0.05) is 0 Å². The van der Waals surface area contributed by atoms with Crippen LogP contribution in [0.25, 0.3) is 0 Å². The average molecular weight is 273 g/mol. The number of aromatic nitrogens is 2. The highest BCUT2D eigenvalue weighted by atomic mass is 32.2. The largest absolute Gasteiger partial charge is 0.391 e. The molecule has 2 aromatic heterocycles. The molecule has 3 N–H and O–H groups in total. The maximum absolute atomic E-state index is 11.8. The maximum atomic E-state index is 11.8. The number of rotatable bonds is 5. The molecule has 2 heterocycles. The predicted octanol–water partition coefficient (Wildman–Crippen LogP) is 0.442. The molecule has 0 fully saturated rings. The van der Waals surface area contributed by atoms with Crippen molar-refractivity contribution in [1.82, 2.24) is 14.7 Å². The van der Waals surface area contributed by atoms with Gasteiger partial charge in [-0.3, -0.25) is 0 Å². The molecule has 0 saturated carbocycles. The second kappa shape index (κ2) is 4.96. The third-order valence-corrected chi connectivity index (χ3v) is 4.55. The van der Waals surface area contributed by atoms with Crippen LogP contribution in [0.3, 0.4) is 0 Å². The van der Waals surface area contributed by atoms with Crippen LogP contribution in [0.15, 0.2) is 28.9 Å². The zero-order valence-electron chi connectivity index (χ0n) is 8.75. The minimum Gasteiger partial charge on any atom is -0.391 e. The van der Waals surface area contributed by atoms with E-state index in [1.165, 1.54) is 29.1 Å². The molecule has 0 unspecified atom stereocenters. The van der Waals surface area contributed by atoms with Crippen LogP contribution in [0.2, 0.25) is 0 Å². The summed E-state index contributed by atoms with van der Waals surface area (Å²) in [4.78, 5) is 7.38. The fourth-order valence-electron chi connectivity index (χ4n) is 1.22. The van der Waals surface area contributed by atoms with E-state index in [1.54, 1.807) is 6.20 Å². The number of imidazole rings is 1. The normalized spacial score (nSPS) is 11.8. The molecule has 8 heteroatoms. The zero-order valence-corrected chi connectivity index (χ0v) is 10.4. The number of sulfonamides is 1. The number of hydrogen-bond donors (Lipinski definition) is 3. The van der Waals surface area contributed by atoms with Crippen LogP contribution in [0.4, 0.5) is 0 Å². The molecule has 0 bridgehead atoms. The van der Waals surface area contributed by atoms with Crippen molar-refractivity contribution in [2.24, 2.45) is 0 Å². The van der Waals surface area contributed by atoms with Crippen LogP contribution < -0.4 is 4.72 Å². The molecule has 17 heavy (non-hydrogen) atoms. The van der Waals surface area contributed by atoms with Crippen LogP contribution in [-0.4, -0.2) is 23.5 Å². The number of aromatic amines is 1. The van der Waals surface area contributed by atoms with Crippen molar-refractivity contribution in [2.45, 2.75) is 18.0 Å². The highest BCUT2D eigenvalue weighted by Gasteiger charge is 2.15. The molecule has 92 valence electrons. The summed E-state index contributed by atoms with van der Waals surface area (Å²) in [5.74, 6) is 0. The number of aliphatic hydroxyl groups excluding tert-OH is 1. The highest BCUT2D eigenvalue weighted by molar-refractivity contribution is 7.89. The van der Waals surface area contributed by atoms with Gasteiger partial charge in [0.2, 0.25) is 10.0 Å². The molecule has 0 aliphatic rings. The topological polar surface area (TPSA) is 95.1 Å². The van der Waals surface area contributed by atoms with Gasteiger partial charge in [-0.2, -0.15) is 0 Å². The summed E-state index contributed by atoms with van der Waals surface area (Å²) in [5, 5.41) is 10.4. The molecule has 6 nitrogen and oxygen atoms in total. The molecule has 0 saturated heterocycles. The number of aliphatic hydroxyl groups is 1. The van der Waals surface area contributed by atoms with Gasteiger partial charge in [-0.25, -0.2) is 18.1 Å². The lowest BCUT2D eigenvalue weighted by molar-refractivity contribution is 0.285. The van der Waals surface area contributed by atoms with E-state index < -0.39 is 10.0 Å². The molecule has 0 atom stereocenters. The Morgan fingerprint density at radius 2 is 2.35 bits per heavy atom. The van der Waals surface area contributed by atoms with E-state index in [-0.39, 0.29) is 18.0 Å². The van der Waals surface area contributed by atoms with E-state index in [1.807, 2.05) is 0 Å². The van der Waals surface area contributed by atoms with Gasteiger partial charge in [0, 0.05) is 22.1 Å². The van der Waals surface area contributed by atoms with Crippen LogP contribution in [0.1, 0.15) is 10.6 Å². The highest BCUT2D eigenvalue weighted by Crippen LogP contribution is 2.19. The molecule has 0 aromatic carbocycles. The van der Waals surface area contributed by atoms with Gasteiger partial charge in [-0.05, 0) is 6.07 Å². The van der Waals surface area contributed by atoms with E-state index in [0.29, 0.717) is 10.6 Å². The van der Waals surface area contributed by atoms with Crippen LogP contribution in [0, 0.1) is 0 Å². The number of H-pyrrole nitrogens is 1. The lowest BCUT2D eigenvalue weighted by atomic mass is 10.5. The fraction of sp³-hybridized carbons (Fsp3) is 0.222. The standard InChI is InChI=1S/C9H11N3O3S2/c13-4-8-1-9(5-16-8)17(14,15)12-3-7-2-10-6-11-7/h1-2,5-6,12-13H,3-4H2,(H,10,11). The Labute approximate surface area is 102 Å². The third-order valence-electron chi connectivity index (χ3n) is 2.10. The average Bonchev–Trinajstić information content (AvgIpc) is 2.98. The van der Waals surface area contributed by atoms with Crippen LogP contribution >= 0.6 is 11.3 Å². The molecule has 0 radical (unpaired) electrons. The van der Waals surface area contributed by atoms with Crippen LogP contribution in [-0.2, 0) is 23.2 Å². The van der Waals surface area contributed by atoms with Gasteiger partial charge in [0.1, 0.15) is 0 Å². The fourth-order valence-corrected chi connectivity index (χ4v) is 3.36. The number of thiophene rings is 1. The molecule has 0 aliphatic carbocycles. The van der Waals surface area contributed by atoms with Crippen molar-refractivity contribution in [2.75, 3.05) is 0 Å². The first-order valence-electron chi connectivity index (χ1n) is 4.77. The molecule has 0 aliphatic heterocycles.